The number of aromatic amines is 1. The van der Waals surface area contributed by atoms with Gasteiger partial charge < -0.3 is 19.2 Å². The zero-order valence-corrected chi connectivity index (χ0v) is 19.8. The van der Waals surface area contributed by atoms with Crippen molar-refractivity contribution >= 4 is 26.7 Å². The van der Waals surface area contributed by atoms with Crippen LogP contribution in [0.2, 0.25) is 0 Å². The molecule has 180 valence electrons. The molecule has 1 atom stereocenters. The van der Waals surface area contributed by atoms with E-state index in [0.29, 0.717) is 24.5 Å². The predicted molar refractivity (Wildman–Crippen MR) is 126 cm³/mol. The summed E-state index contributed by atoms with van der Waals surface area (Å²) < 4.78 is 44.8. The highest BCUT2D eigenvalue weighted by Crippen LogP contribution is 2.23. The maximum Gasteiger partial charge on any atom is 0.252 e. The van der Waals surface area contributed by atoms with Gasteiger partial charge in [-0.3, -0.25) is 9.59 Å². The largest absolute Gasteiger partial charge is 0.497 e. The van der Waals surface area contributed by atoms with Crippen molar-refractivity contribution in [3.8, 4) is 5.75 Å². The van der Waals surface area contributed by atoms with Crippen molar-refractivity contribution in [2.45, 2.75) is 24.5 Å². The van der Waals surface area contributed by atoms with Crippen LogP contribution in [0.4, 0.5) is 0 Å². The van der Waals surface area contributed by atoms with Gasteiger partial charge >= 0.3 is 0 Å². The third-order valence-corrected chi connectivity index (χ3v) is 7.45. The summed E-state index contributed by atoms with van der Waals surface area (Å²) in [7, 11) is -2.53. The molecule has 1 aliphatic heterocycles. The van der Waals surface area contributed by atoms with Gasteiger partial charge in [0.25, 0.3) is 5.56 Å². The number of hydrogen-bond acceptors (Lipinski definition) is 7. The van der Waals surface area contributed by atoms with Crippen LogP contribution in [0.15, 0.2) is 58.2 Å². The summed E-state index contributed by atoms with van der Waals surface area (Å²) in [6, 6.07) is 12.8. The van der Waals surface area contributed by atoms with E-state index in [1.165, 1.54) is 36.5 Å². The second kappa shape index (κ2) is 10.1. The minimum absolute atomic E-state index is 0.00722. The molecule has 0 saturated carbocycles. The molecule has 0 spiro atoms. The molecule has 10 heteroatoms. The molecular weight excluding hydrogens is 460 g/mol. The molecule has 1 aliphatic rings. The quantitative estimate of drug-likeness (QED) is 0.486. The van der Waals surface area contributed by atoms with E-state index in [4.69, 9.17) is 14.2 Å². The number of Topliss-reactive ketones (excluding diaryl/α,β-unsaturated/α-hetero) is 1. The Balaban J connectivity index is 1.73. The van der Waals surface area contributed by atoms with Crippen LogP contribution in [-0.4, -0.2) is 63.1 Å². The summed E-state index contributed by atoms with van der Waals surface area (Å²) in [5.74, 6) is 0.355. The number of H-pyrrole nitrogens is 1. The van der Waals surface area contributed by atoms with Gasteiger partial charge in [-0.05, 0) is 42.6 Å². The number of rotatable bonds is 8. The minimum atomic E-state index is -4.06. The molecule has 2 aromatic carbocycles. The molecule has 4 rings (SSSR count). The molecule has 1 unspecified atom stereocenters. The fraction of sp³-hybridized carbons (Fsp3) is 0.333. The molecule has 0 bridgehead atoms. The van der Waals surface area contributed by atoms with Gasteiger partial charge in [-0.15, -0.1) is 0 Å². The van der Waals surface area contributed by atoms with E-state index in [2.05, 4.69) is 4.98 Å². The molecule has 9 nitrogen and oxygen atoms in total. The van der Waals surface area contributed by atoms with Gasteiger partial charge in [-0.2, -0.15) is 4.31 Å². The number of pyridine rings is 1. The molecule has 0 radical (unpaired) electrons. The highest BCUT2D eigenvalue weighted by Gasteiger charge is 2.30. The summed E-state index contributed by atoms with van der Waals surface area (Å²) in [5.41, 5.74) is 0.747. The van der Waals surface area contributed by atoms with Crippen LogP contribution in [0.1, 0.15) is 22.8 Å². The molecule has 0 amide bonds. The first-order valence-electron chi connectivity index (χ1n) is 10.8. The maximum absolute atomic E-state index is 13.6. The Kier molecular flexibility index (Phi) is 7.13. The summed E-state index contributed by atoms with van der Waals surface area (Å²) in [5, 5.41) is 0.739. The first kappa shape index (κ1) is 24.1. The number of nitrogens with one attached hydrogen (secondary N) is 1. The average molecular weight is 487 g/mol. The van der Waals surface area contributed by atoms with Crippen molar-refractivity contribution in [1.29, 1.82) is 0 Å². The van der Waals surface area contributed by atoms with Crippen LogP contribution in [0.5, 0.6) is 5.75 Å². The number of carbonyl (C=O) groups excluding carboxylic acids is 1. The number of carbonyl (C=O) groups is 1. The van der Waals surface area contributed by atoms with Gasteiger partial charge in [0.2, 0.25) is 10.0 Å². The highest BCUT2D eigenvalue weighted by atomic mass is 32.2. The van der Waals surface area contributed by atoms with Gasteiger partial charge in [0, 0.05) is 30.3 Å². The monoisotopic (exact) mass is 486 g/mol. The van der Waals surface area contributed by atoms with Crippen LogP contribution in [0.3, 0.4) is 0 Å². The number of aromatic nitrogens is 1. The van der Waals surface area contributed by atoms with Crippen LogP contribution in [0, 0.1) is 0 Å². The third-order valence-electron chi connectivity index (χ3n) is 5.65. The fourth-order valence-electron chi connectivity index (χ4n) is 3.80. The standard InChI is InChI=1S/C24H26N2O7S/c1-16(27)17-4-3-5-22(11-17)34(29,30)26(14-21-15-32-8-9-33-21)13-19-10-18-6-7-20(31-2)12-23(18)25-24(19)28/h3-7,10-12,21H,8-9,13-15H2,1-2H3,(H,25,28). The van der Waals surface area contributed by atoms with Crippen molar-refractivity contribution in [1.82, 2.24) is 9.29 Å². The lowest BCUT2D eigenvalue weighted by Gasteiger charge is -2.29. The van der Waals surface area contributed by atoms with E-state index in [1.54, 1.807) is 30.3 Å². The number of nitrogens with zero attached hydrogens (tertiary/aromatic N) is 1. The second-order valence-corrected chi connectivity index (χ2v) is 9.96. The maximum atomic E-state index is 13.6. The van der Waals surface area contributed by atoms with E-state index < -0.39 is 21.7 Å². The Bertz CT molecular complexity index is 1360. The number of sulfonamides is 1. The topological polar surface area (TPSA) is 115 Å². The number of benzene rings is 2. The molecule has 1 saturated heterocycles. The van der Waals surface area contributed by atoms with Crippen LogP contribution >= 0.6 is 0 Å². The molecule has 3 aromatic rings. The number of ketones is 1. The molecule has 1 N–H and O–H groups in total. The van der Waals surface area contributed by atoms with Crippen molar-refractivity contribution in [3.63, 3.8) is 0 Å². The van der Waals surface area contributed by atoms with E-state index in [1.807, 2.05) is 0 Å². The first-order chi connectivity index (χ1) is 16.3. The van der Waals surface area contributed by atoms with E-state index in [0.717, 1.165) is 5.39 Å². The third kappa shape index (κ3) is 5.20. The number of ether oxygens (including phenoxy) is 3. The Morgan fingerprint density at radius 1 is 1.18 bits per heavy atom. The van der Waals surface area contributed by atoms with Crippen molar-refractivity contribution < 1.29 is 27.4 Å². The van der Waals surface area contributed by atoms with Crippen molar-refractivity contribution in [2.24, 2.45) is 0 Å². The zero-order valence-electron chi connectivity index (χ0n) is 18.9. The number of hydrogen-bond donors (Lipinski definition) is 1. The smallest absolute Gasteiger partial charge is 0.252 e. The van der Waals surface area contributed by atoms with Crippen molar-refractivity contribution in [3.05, 3.63) is 70.0 Å². The zero-order chi connectivity index (χ0) is 24.3. The molecular formula is C24H26N2O7S. The summed E-state index contributed by atoms with van der Waals surface area (Å²) in [6.45, 7) is 2.23. The Hall–Kier alpha value is -3.05. The number of fused-ring (bicyclic) bond motifs is 1. The highest BCUT2D eigenvalue weighted by molar-refractivity contribution is 7.89. The van der Waals surface area contributed by atoms with Crippen LogP contribution in [-0.2, 0) is 26.0 Å². The van der Waals surface area contributed by atoms with Crippen molar-refractivity contribution in [2.75, 3.05) is 33.5 Å². The number of methoxy groups -OCH3 is 1. The van der Waals surface area contributed by atoms with Gasteiger partial charge in [0.05, 0.1) is 43.4 Å². The second-order valence-electron chi connectivity index (χ2n) is 8.03. The van der Waals surface area contributed by atoms with Gasteiger partial charge in [-0.25, -0.2) is 8.42 Å². The van der Waals surface area contributed by atoms with Gasteiger partial charge in [-0.1, -0.05) is 12.1 Å². The summed E-state index contributed by atoms with van der Waals surface area (Å²) >= 11 is 0. The normalized spacial score (nSPS) is 16.6. The Labute approximate surface area is 197 Å². The lowest BCUT2D eigenvalue weighted by Crippen LogP contribution is -2.43. The molecule has 34 heavy (non-hydrogen) atoms. The minimum Gasteiger partial charge on any atom is -0.497 e. The fourth-order valence-corrected chi connectivity index (χ4v) is 5.30. The van der Waals surface area contributed by atoms with Gasteiger partial charge in [0.1, 0.15) is 5.75 Å². The van der Waals surface area contributed by atoms with Crippen LogP contribution in [0.25, 0.3) is 10.9 Å². The Morgan fingerprint density at radius 3 is 2.71 bits per heavy atom. The van der Waals surface area contributed by atoms with Gasteiger partial charge in [0.15, 0.2) is 5.78 Å². The van der Waals surface area contributed by atoms with Crippen LogP contribution < -0.4 is 10.3 Å². The lowest BCUT2D eigenvalue weighted by atomic mass is 10.1. The summed E-state index contributed by atoms with van der Waals surface area (Å²) in [6.07, 6.45) is -0.483. The molecule has 1 aromatic heterocycles. The SMILES string of the molecule is COc1ccc2cc(CN(CC3COCCO3)S(=O)(=O)c3cccc(C(C)=O)c3)c(=O)[nH]c2c1. The predicted octanol–water partition coefficient (Wildman–Crippen LogP) is 2.35. The molecule has 2 heterocycles. The summed E-state index contributed by atoms with van der Waals surface area (Å²) in [4.78, 5) is 27.4. The van der Waals surface area contributed by atoms with E-state index in [9.17, 15) is 18.0 Å². The average Bonchev–Trinajstić information content (AvgIpc) is 2.84. The Morgan fingerprint density at radius 2 is 2.00 bits per heavy atom. The van der Waals surface area contributed by atoms with E-state index >= 15 is 0 Å². The molecule has 0 aliphatic carbocycles. The molecule has 1 fully saturated rings. The first-order valence-corrected chi connectivity index (χ1v) is 12.2. The van der Waals surface area contributed by atoms with E-state index in [-0.39, 0.29) is 41.5 Å². The lowest BCUT2D eigenvalue weighted by molar-refractivity contribution is -0.0923.